The Hall–Kier alpha value is -1.63. The van der Waals surface area contributed by atoms with Crippen molar-refractivity contribution in [3.8, 4) is 0 Å². The SMILES string of the molecule is CCCCCCNc1nc(NCCC)nc(N2CCOCC2)n1. The molecule has 1 aliphatic rings. The Bertz CT molecular complexity index is 450. The first-order valence-electron chi connectivity index (χ1n) is 8.90. The molecule has 0 aliphatic carbocycles. The van der Waals surface area contributed by atoms with E-state index in [9.17, 15) is 0 Å². The molecule has 2 N–H and O–H groups in total. The van der Waals surface area contributed by atoms with Crippen molar-refractivity contribution in [1.29, 1.82) is 0 Å². The number of hydrogen-bond donors (Lipinski definition) is 2. The molecule has 0 spiro atoms. The summed E-state index contributed by atoms with van der Waals surface area (Å²) in [5.41, 5.74) is 0. The van der Waals surface area contributed by atoms with E-state index in [1.54, 1.807) is 0 Å². The summed E-state index contributed by atoms with van der Waals surface area (Å²) in [7, 11) is 0. The van der Waals surface area contributed by atoms with Gasteiger partial charge in [0.2, 0.25) is 17.8 Å². The molecule has 2 heterocycles. The summed E-state index contributed by atoms with van der Waals surface area (Å²) >= 11 is 0. The second-order valence-electron chi connectivity index (χ2n) is 5.80. The van der Waals surface area contributed by atoms with Gasteiger partial charge in [0.1, 0.15) is 0 Å². The Kier molecular flexibility index (Phi) is 7.86. The van der Waals surface area contributed by atoms with Crippen LogP contribution in [0.3, 0.4) is 0 Å². The van der Waals surface area contributed by atoms with Crippen LogP contribution in [-0.2, 0) is 4.74 Å². The monoisotopic (exact) mass is 322 g/mol. The number of hydrogen-bond acceptors (Lipinski definition) is 7. The van der Waals surface area contributed by atoms with Crippen LogP contribution in [-0.4, -0.2) is 54.3 Å². The van der Waals surface area contributed by atoms with Crippen molar-refractivity contribution in [3.05, 3.63) is 0 Å². The maximum Gasteiger partial charge on any atom is 0.232 e. The average Bonchev–Trinajstić information content (AvgIpc) is 2.60. The maximum atomic E-state index is 5.40. The van der Waals surface area contributed by atoms with E-state index in [4.69, 9.17) is 4.74 Å². The third-order valence-electron chi connectivity index (χ3n) is 3.76. The Morgan fingerprint density at radius 2 is 1.57 bits per heavy atom. The molecule has 1 aromatic heterocycles. The highest BCUT2D eigenvalue weighted by molar-refractivity contribution is 5.44. The van der Waals surface area contributed by atoms with E-state index in [1.165, 1.54) is 19.3 Å². The van der Waals surface area contributed by atoms with Gasteiger partial charge in [0.05, 0.1) is 13.2 Å². The number of rotatable bonds is 10. The van der Waals surface area contributed by atoms with Gasteiger partial charge in [0.25, 0.3) is 0 Å². The van der Waals surface area contributed by atoms with Crippen molar-refractivity contribution in [3.63, 3.8) is 0 Å². The van der Waals surface area contributed by atoms with Crippen LogP contribution in [0.1, 0.15) is 46.0 Å². The quantitative estimate of drug-likeness (QED) is 0.641. The van der Waals surface area contributed by atoms with Crippen LogP contribution in [0.15, 0.2) is 0 Å². The molecule has 0 bridgehead atoms. The zero-order valence-corrected chi connectivity index (χ0v) is 14.5. The lowest BCUT2D eigenvalue weighted by Crippen LogP contribution is -2.37. The van der Waals surface area contributed by atoms with Gasteiger partial charge in [-0.25, -0.2) is 0 Å². The van der Waals surface area contributed by atoms with Gasteiger partial charge in [0, 0.05) is 26.2 Å². The molecule has 1 aromatic rings. The highest BCUT2D eigenvalue weighted by atomic mass is 16.5. The van der Waals surface area contributed by atoms with Crippen molar-refractivity contribution >= 4 is 17.8 Å². The van der Waals surface area contributed by atoms with Crippen LogP contribution in [0.25, 0.3) is 0 Å². The number of unbranched alkanes of at least 4 members (excludes halogenated alkanes) is 3. The molecule has 130 valence electrons. The predicted octanol–water partition coefficient (Wildman–Crippen LogP) is 2.52. The van der Waals surface area contributed by atoms with Gasteiger partial charge in [-0.3, -0.25) is 0 Å². The van der Waals surface area contributed by atoms with Crippen LogP contribution in [0.2, 0.25) is 0 Å². The Morgan fingerprint density at radius 3 is 2.22 bits per heavy atom. The highest BCUT2D eigenvalue weighted by Crippen LogP contribution is 2.15. The summed E-state index contributed by atoms with van der Waals surface area (Å²) in [5.74, 6) is 2.05. The molecular formula is C16H30N6O. The van der Waals surface area contributed by atoms with Crippen LogP contribution in [0.4, 0.5) is 17.8 Å². The van der Waals surface area contributed by atoms with Crippen molar-refractivity contribution in [2.24, 2.45) is 0 Å². The van der Waals surface area contributed by atoms with E-state index in [0.717, 1.165) is 58.2 Å². The van der Waals surface area contributed by atoms with Gasteiger partial charge in [-0.1, -0.05) is 33.1 Å². The molecule has 7 heteroatoms. The third-order valence-corrected chi connectivity index (χ3v) is 3.76. The molecule has 0 amide bonds. The van der Waals surface area contributed by atoms with E-state index < -0.39 is 0 Å². The molecule has 7 nitrogen and oxygen atoms in total. The molecule has 0 atom stereocenters. The van der Waals surface area contributed by atoms with Gasteiger partial charge in [-0.15, -0.1) is 0 Å². The van der Waals surface area contributed by atoms with Crippen LogP contribution in [0, 0.1) is 0 Å². The summed E-state index contributed by atoms with van der Waals surface area (Å²) in [4.78, 5) is 15.8. The van der Waals surface area contributed by atoms with E-state index in [2.05, 4.69) is 44.3 Å². The fraction of sp³-hybridized carbons (Fsp3) is 0.812. The molecular weight excluding hydrogens is 292 g/mol. The topological polar surface area (TPSA) is 75.2 Å². The Balaban J connectivity index is 1.99. The van der Waals surface area contributed by atoms with Gasteiger partial charge in [-0.05, 0) is 12.8 Å². The molecule has 1 saturated heterocycles. The zero-order valence-electron chi connectivity index (χ0n) is 14.5. The fourth-order valence-electron chi connectivity index (χ4n) is 2.42. The van der Waals surface area contributed by atoms with Crippen LogP contribution < -0.4 is 15.5 Å². The van der Waals surface area contributed by atoms with E-state index in [1.807, 2.05) is 0 Å². The maximum absolute atomic E-state index is 5.40. The molecule has 1 aliphatic heterocycles. The summed E-state index contributed by atoms with van der Waals surface area (Å²) in [5, 5.41) is 6.60. The largest absolute Gasteiger partial charge is 0.378 e. The minimum absolute atomic E-state index is 0.652. The average molecular weight is 322 g/mol. The van der Waals surface area contributed by atoms with Crippen LogP contribution in [0.5, 0.6) is 0 Å². The number of ether oxygens (including phenoxy) is 1. The predicted molar refractivity (Wildman–Crippen MR) is 94.3 cm³/mol. The van der Waals surface area contributed by atoms with Crippen molar-refractivity contribution in [1.82, 2.24) is 15.0 Å². The van der Waals surface area contributed by atoms with Crippen LogP contribution >= 0.6 is 0 Å². The van der Waals surface area contributed by atoms with Crippen molar-refractivity contribution in [2.75, 3.05) is 54.9 Å². The summed E-state index contributed by atoms with van der Waals surface area (Å²) in [6.45, 7) is 9.22. The minimum Gasteiger partial charge on any atom is -0.378 e. The first-order valence-corrected chi connectivity index (χ1v) is 8.90. The van der Waals surface area contributed by atoms with Gasteiger partial charge in [0.15, 0.2) is 0 Å². The molecule has 0 radical (unpaired) electrons. The number of morpholine rings is 1. The minimum atomic E-state index is 0.652. The second-order valence-corrected chi connectivity index (χ2v) is 5.80. The number of nitrogens with one attached hydrogen (secondary N) is 2. The number of anilines is 3. The van der Waals surface area contributed by atoms with Crippen molar-refractivity contribution in [2.45, 2.75) is 46.0 Å². The normalized spacial score (nSPS) is 14.8. The molecule has 1 fully saturated rings. The molecule has 0 saturated carbocycles. The first-order chi connectivity index (χ1) is 11.3. The molecule has 0 unspecified atom stereocenters. The summed E-state index contributed by atoms with van der Waals surface area (Å²) in [6.07, 6.45) is 5.95. The van der Waals surface area contributed by atoms with Gasteiger partial charge >= 0.3 is 0 Å². The van der Waals surface area contributed by atoms with E-state index in [0.29, 0.717) is 11.9 Å². The van der Waals surface area contributed by atoms with E-state index in [-0.39, 0.29) is 0 Å². The Labute approximate surface area is 139 Å². The summed E-state index contributed by atoms with van der Waals surface area (Å²) < 4.78 is 5.40. The first kappa shape index (κ1) is 17.7. The number of aromatic nitrogens is 3. The zero-order chi connectivity index (χ0) is 16.3. The standard InChI is InChI=1S/C16H30N6O/c1-3-5-6-7-9-18-15-19-14(17-8-4-2)20-16(21-15)22-10-12-23-13-11-22/h3-13H2,1-2H3,(H2,17,18,19,20,21). The van der Waals surface area contributed by atoms with Gasteiger partial charge < -0.3 is 20.3 Å². The smallest absolute Gasteiger partial charge is 0.232 e. The van der Waals surface area contributed by atoms with Crippen molar-refractivity contribution < 1.29 is 4.74 Å². The highest BCUT2D eigenvalue weighted by Gasteiger charge is 2.16. The lowest BCUT2D eigenvalue weighted by Gasteiger charge is -2.27. The van der Waals surface area contributed by atoms with Gasteiger partial charge in [-0.2, -0.15) is 15.0 Å². The summed E-state index contributed by atoms with van der Waals surface area (Å²) in [6, 6.07) is 0. The lowest BCUT2D eigenvalue weighted by atomic mass is 10.2. The molecule has 23 heavy (non-hydrogen) atoms. The second kappa shape index (κ2) is 10.2. The lowest BCUT2D eigenvalue weighted by molar-refractivity contribution is 0.122. The number of nitrogens with zero attached hydrogens (tertiary/aromatic N) is 4. The van der Waals surface area contributed by atoms with E-state index >= 15 is 0 Å². The Morgan fingerprint density at radius 1 is 0.870 bits per heavy atom. The fourth-order valence-corrected chi connectivity index (χ4v) is 2.42. The molecule has 2 rings (SSSR count). The third kappa shape index (κ3) is 6.17. The molecule has 0 aromatic carbocycles.